The Balaban J connectivity index is 1.84. The maximum Gasteiger partial charge on any atom is 0.306 e. The fraction of sp³-hybridized carbons (Fsp3) is 0.263. The molecule has 0 bridgehead atoms. The number of benzene rings is 2. The molecule has 2 aromatic carbocycles. The largest absolute Gasteiger partial charge is 0.495 e. The van der Waals surface area contributed by atoms with Crippen LogP contribution in [0.25, 0.3) is 0 Å². The standard InChI is InChI=1S/C19H19ClFNO4/c1-12-9-16(17(25-2)10-14(12)20)22-18(23)11-26-19(24)8-7-13-5-3-4-6-15(13)21/h3-6,9-10H,7-8,11H2,1-2H3,(H,22,23). The van der Waals surface area contributed by atoms with Gasteiger partial charge in [0.25, 0.3) is 5.91 Å². The van der Waals surface area contributed by atoms with Crippen molar-refractivity contribution in [3.63, 3.8) is 0 Å². The van der Waals surface area contributed by atoms with E-state index in [-0.39, 0.29) is 18.7 Å². The third-order valence-corrected chi connectivity index (χ3v) is 4.08. The zero-order valence-electron chi connectivity index (χ0n) is 14.5. The minimum atomic E-state index is -0.581. The van der Waals surface area contributed by atoms with E-state index in [9.17, 15) is 14.0 Å². The van der Waals surface area contributed by atoms with Crippen LogP contribution in [0.1, 0.15) is 17.5 Å². The summed E-state index contributed by atoms with van der Waals surface area (Å²) in [4.78, 5) is 23.7. The van der Waals surface area contributed by atoms with Crippen LogP contribution in [0, 0.1) is 12.7 Å². The fourth-order valence-electron chi connectivity index (χ4n) is 2.27. The molecule has 26 heavy (non-hydrogen) atoms. The van der Waals surface area contributed by atoms with E-state index in [0.717, 1.165) is 5.56 Å². The van der Waals surface area contributed by atoms with E-state index in [4.69, 9.17) is 21.1 Å². The summed E-state index contributed by atoms with van der Waals surface area (Å²) in [6.07, 6.45) is 0.189. The van der Waals surface area contributed by atoms with E-state index in [0.29, 0.717) is 22.0 Å². The number of hydrogen-bond donors (Lipinski definition) is 1. The van der Waals surface area contributed by atoms with Crippen LogP contribution >= 0.6 is 11.6 Å². The molecule has 0 radical (unpaired) electrons. The third kappa shape index (κ3) is 5.46. The summed E-state index contributed by atoms with van der Waals surface area (Å²) in [5.74, 6) is -1.06. The summed E-state index contributed by atoms with van der Waals surface area (Å²) in [5.41, 5.74) is 1.63. The predicted octanol–water partition coefficient (Wildman–Crippen LogP) is 3.91. The maximum atomic E-state index is 13.5. The number of carbonyl (C=O) groups is 2. The quantitative estimate of drug-likeness (QED) is 0.741. The number of ether oxygens (including phenoxy) is 2. The van der Waals surface area contributed by atoms with Gasteiger partial charge in [0, 0.05) is 17.5 Å². The molecule has 2 rings (SSSR count). The van der Waals surface area contributed by atoms with Crippen molar-refractivity contribution in [1.29, 1.82) is 0 Å². The number of nitrogens with one attached hydrogen (secondary N) is 1. The number of aryl methyl sites for hydroxylation is 2. The highest BCUT2D eigenvalue weighted by molar-refractivity contribution is 6.31. The predicted molar refractivity (Wildman–Crippen MR) is 97.1 cm³/mol. The van der Waals surface area contributed by atoms with Gasteiger partial charge < -0.3 is 14.8 Å². The lowest BCUT2D eigenvalue weighted by molar-refractivity contribution is -0.147. The van der Waals surface area contributed by atoms with Crippen LogP contribution in [0.15, 0.2) is 36.4 Å². The zero-order chi connectivity index (χ0) is 19.1. The van der Waals surface area contributed by atoms with Crippen molar-refractivity contribution in [2.45, 2.75) is 19.8 Å². The van der Waals surface area contributed by atoms with Gasteiger partial charge in [0.1, 0.15) is 11.6 Å². The van der Waals surface area contributed by atoms with Gasteiger partial charge in [-0.15, -0.1) is 0 Å². The molecular formula is C19H19ClFNO4. The molecule has 5 nitrogen and oxygen atoms in total. The molecule has 0 aromatic heterocycles. The highest BCUT2D eigenvalue weighted by Gasteiger charge is 2.13. The maximum absolute atomic E-state index is 13.5. The summed E-state index contributed by atoms with van der Waals surface area (Å²) >= 11 is 6.01. The molecule has 138 valence electrons. The Morgan fingerprint density at radius 2 is 1.96 bits per heavy atom. The minimum absolute atomic E-state index is 0.0163. The summed E-state index contributed by atoms with van der Waals surface area (Å²) in [6, 6.07) is 9.46. The van der Waals surface area contributed by atoms with Crippen LogP contribution in [-0.2, 0) is 20.7 Å². The average molecular weight is 380 g/mol. The normalized spacial score (nSPS) is 10.3. The molecule has 2 aromatic rings. The van der Waals surface area contributed by atoms with Crippen LogP contribution in [0.3, 0.4) is 0 Å². The first-order valence-corrected chi connectivity index (χ1v) is 8.31. The molecule has 0 saturated carbocycles. The van der Waals surface area contributed by atoms with Crippen molar-refractivity contribution in [2.75, 3.05) is 19.0 Å². The number of rotatable bonds is 7. The molecule has 0 aliphatic carbocycles. The molecule has 0 aliphatic rings. The van der Waals surface area contributed by atoms with Gasteiger partial charge in [0.05, 0.1) is 12.8 Å². The third-order valence-electron chi connectivity index (χ3n) is 3.68. The van der Waals surface area contributed by atoms with E-state index in [1.54, 1.807) is 37.3 Å². The Hall–Kier alpha value is -2.60. The first-order chi connectivity index (χ1) is 12.4. The molecule has 1 amide bonds. The SMILES string of the molecule is COc1cc(Cl)c(C)cc1NC(=O)COC(=O)CCc1ccccc1F. The molecule has 1 N–H and O–H groups in total. The Bertz CT molecular complexity index is 810. The van der Waals surface area contributed by atoms with Crippen molar-refractivity contribution in [2.24, 2.45) is 0 Å². The Morgan fingerprint density at radius 3 is 2.65 bits per heavy atom. The lowest BCUT2D eigenvalue weighted by Crippen LogP contribution is -2.21. The zero-order valence-corrected chi connectivity index (χ0v) is 15.2. The Kier molecular flexibility index (Phi) is 6.97. The second kappa shape index (κ2) is 9.20. The van der Waals surface area contributed by atoms with Crippen molar-refractivity contribution in [3.05, 3.63) is 58.4 Å². The van der Waals surface area contributed by atoms with E-state index in [1.807, 2.05) is 0 Å². The minimum Gasteiger partial charge on any atom is -0.495 e. The Morgan fingerprint density at radius 1 is 1.23 bits per heavy atom. The molecule has 0 atom stereocenters. The Labute approximate surface area is 156 Å². The molecule has 0 fully saturated rings. The van der Waals surface area contributed by atoms with Gasteiger partial charge in [-0.3, -0.25) is 9.59 Å². The monoisotopic (exact) mass is 379 g/mol. The van der Waals surface area contributed by atoms with Gasteiger partial charge in [0.2, 0.25) is 0 Å². The number of esters is 1. The smallest absolute Gasteiger partial charge is 0.306 e. The molecule has 0 saturated heterocycles. The number of halogens is 2. The van der Waals surface area contributed by atoms with E-state index in [2.05, 4.69) is 5.32 Å². The molecule has 0 unspecified atom stereocenters. The van der Waals surface area contributed by atoms with E-state index >= 15 is 0 Å². The van der Waals surface area contributed by atoms with Gasteiger partial charge in [-0.2, -0.15) is 0 Å². The van der Waals surface area contributed by atoms with Crippen molar-refractivity contribution in [3.8, 4) is 5.75 Å². The van der Waals surface area contributed by atoms with Gasteiger partial charge in [0.15, 0.2) is 6.61 Å². The fourth-order valence-corrected chi connectivity index (χ4v) is 2.43. The van der Waals surface area contributed by atoms with Crippen LogP contribution < -0.4 is 10.1 Å². The van der Waals surface area contributed by atoms with E-state index in [1.165, 1.54) is 13.2 Å². The number of anilines is 1. The van der Waals surface area contributed by atoms with Crippen LogP contribution in [0.2, 0.25) is 5.02 Å². The van der Waals surface area contributed by atoms with Gasteiger partial charge in [-0.1, -0.05) is 29.8 Å². The highest BCUT2D eigenvalue weighted by atomic mass is 35.5. The topological polar surface area (TPSA) is 64.6 Å². The van der Waals surface area contributed by atoms with Gasteiger partial charge >= 0.3 is 5.97 Å². The van der Waals surface area contributed by atoms with Crippen molar-refractivity contribution >= 4 is 29.2 Å². The van der Waals surface area contributed by atoms with E-state index < -0.39 is 18.5 Å². The van der Waals surface area contributed by atoms with Crippen LogP contribution in [0.4, 0.5) is 10.1 Å². The van der Waals surface area contributed by atoms with Crippen molar-refractivity contribution < 1.29 is 23.5 Å². The highest BCUT2D eigenvalue weighted by Crippen LogP contribution is 2.30. The van der Waals surface area contributed by atoms with Gasteiger partial charge in [-0.25, -0.2) is 4.39 Å². The first-order valence-electron chi connectivity index (χ1n) is 7.93. The van der Waals surface area contributed by atoms with Crippen LogP contribution in [0.5, 0.6) is 5.75 Å². The second-order valence-electron chi connectivity index (χ2n) is 5.60. The summed E-state index contributed by atoms with van der Waals surface area (Å²) in [5, 5.41) is 3.12. The number of methoxy groups -OCH3 is 1. The lowest BCUT2D eigenvalue weighted by Gasteiger charge is -2.12. The van der Waals surface area contributed by atoms with Gasteiger partial charge in [-0.05, 0) is 36.6 Å². The molecule has 0 aliphatic heterocycles. The molecule has 0 spiro atoms. The van der Waals surface area contributed by atoms with Crippen molar-refractivity contribution in [1.82, 2.24) is 0 Å². The molecule has 0 heterocycles. The molecular weight excluding hydrogens is 361 g/mol. The lowest BCUT2D eigenvalue weighted by atomic mass is 10.1. The number of amides is 1. The summed E-state index contributed by atoms with van der Waals surface area (Å²) < 4.78 is 23.6. The number of carbonyl (C=O) groups excluding carboxylic acids is 2. The summed E-state index contributed by atoms with van der Waals surface area (Å²) in [6.45, 7) is 1.35. The molecule has 7 heteroatoms. The second-order valence-corrected chi connectivity index (χ2v) is 6.01. The first kappa shape index (κ1) is 19.7. The summed E-state index contributed by atoms with van der Waals surface area (Å²) in [7, 11) is 1.46. The van der Waals surface area contributed by atoms with Crippen LogP contribution in [-0.4, -0.2) is 25.6 Å². The average Bonchev–Trinajstić information content (AvgIpc) is 2.62. The number of hydrogen-bond acceptors (Lipinski definition) is 4.